The van der Waals surface area contributed by atoms with Crippen LogP contribution in [0.15, 0.2) is 53.0 Å². The molecule has 4 nitrogen and oxygen atoms in total. The molecule has 5 heteroatoms. The Hall–Kier alpha value is -1.69. The molecule has 0 aromatic heterocycles. The van der Waals surface area contributed by atoms with Crippen LogP contribution in [0.2, 0.25) is 0 Å². The van der Waals surface area contributed by atoms with Gasteiger partial charge in [0.15, 0.2) is 11.9 Å². The fourth-order valence-electron chi connectivity index (χ4n) is 2.02. The maximum Gasteiger partial charge on any atom is 0.186 e. The zero-order valence-electron chi connectivity index (χ0n) is 11.2. The van der Waals surface area contributed by atoms with Crippen LogP contribution in [0.4, 0.5) is 0 Å². The van der Waals surface area contributed by atoms with Crippen molar-refractivity contribution in [3.8, 4) is 5.75 Å². The van der Waals surface area contributed by atoms with Crippen molar-refractivity contribution in [1.82, 2.24) is 0 Å². The van der Waals surface area contributed by atoms with Gasteiger partial charge in [-0.15, -0.1) is 0 Å². The van der Waals surface area contributed by atoms with Crippen LogP contribution >= 0.6 is 15.9 Å². The number of carbonyl (C=O) groups is 1. The van der Waals surface area contributed by atoms with Crippen molar-refractivity contribution in [2.75, 3.05) is 0 Å². The number of halogens is 1. The van der Waals surface area contributed by atoms with E-state index in [4.69, 9.17) is 5.73 Å². The number of hydrogen-bond acceptors (Lipinski definition) is 3. The van der Waals surface area contributed by atoms with Crippen LogP contribution in [0.3, 0.4) is 0 Å². The summed E-state index contributed by atoms with van der Waals surface area (Å²) in [4.78, 5) is 12.2. The first-order valence-corrected chi connectivity index (χ1v) is 7.26. The summed E-state index contributed by atoms with van der Waals surface area (Å²) in [5.74, 6) is -0.399. The van der Waals surface area contributed by atoms with Gasteiger partial charge in [0, 0.05) is 10.0 Å². The highest BCUT2D eigenvalue weighted by Gasteiger charge is 2.26. The second kappa shape index (κ2) is 6.85. The summed E-state index contributed by atoms with van der Waals surface area (Å²) in [7, 11) is 0. The molecular formula is C16H15BrNO3. The van der Waals surface area contributed by atoms with E-state index in [0.29, 0.717) is 10.0 Å². The molecule has 109 valence electrons. The Morgan fingerprint density at radius 2 is 1.76 bits per heavy atom. The molecule has 0 spiro atoms. The zero-order valence-corrected chi connectivity index (χ0v) is 12.8. The summed E-state index contributed by atoms with van der Waals surface area (Å²) in [6.45, 7) is 0. The third-order valence-electron chi connectivity index (χ3n) is 3.20. The summed E-state index contributed by atoms with van der Waals surface area (Å²) in [6.07, 6.45) is -1.24. The van der Waals surface area contributed by atoms with Gasteiger partial charge in [-0.2, -0.15) is 0 Å². The highest BCUT2D eigenvalue weighted by atomic mass is 79.9. The highest BCUT2D eigenvalue weighted by Crippen LogP contribution is 2.25. The Labute approximate surface area is 131 Å². The lowest BCUT2D eigenvalue weighted by Gasteiger charge is -2.15. The van der Waals surface area contributed by atoms with E-state index in [1.807, 2.05) is 0 Å². The number of carbonyl (C=O) groups excluding carboxylic acids is 1. The minimum Gasteiger partial charge on any atom is -0.508 e. The first-order chi connectivity index (χ1) is 9.99. The van der Waals surface area contributed by atoms with Crippen molar-refractivity contribution in [3.05, 3.63) is 64.1 Å². The molecule has 3 N–H and O–H groups in total. The molecule has 2 rings (SSSR count). The molecular weight excluding hydrogens is 334 g/mol. The number of rotatable bonds is 5. The molecule has 0 aliphatic carbocycles. The Balaban J connectivity index is 2.08. The summed E-state index contributed by atoms with van der Waals surface area (Å²) in [5, 5.41) is 21.4. The van der Waals surface area contributed by atoms with Gasteiger partial charge in [0.1, 0.15) is 5.75 Å². The number of phenolic OH excluding ortho intramolecular Hbond substituents is 1. The van der Waals surface area contributed by atoms with E-state index >= 15 is 0 Å². The van der Waals surface area contributed by atoms with E-state index in [0.717, 1.165) is 5.56 Å². The van der Waals surface area contributed by atoms with Crippen molar-refractivity contribution in [2.24, 2.45) is 5.73 Å². The van der Waals surface area contributed by atoms with Crippen molar-refractivity contribution in [3.63, 3.8) is 0 Å². The Bertz CT molecular complexity index is 628. The van der Waals surface area contributed by atoms with Crippen molar-refractivity contribution >= 4 is 21.7 Å². The number of phenols is 1. The van der Waals surface area contributed by atoms with Crippen LogP contribution in [-0.2, 0) is 16.3 Å². The van der Waals surface area contributed by atoms with Gasteiger partial charge in [-0.3, -0.25) is 4.79 Å². The van der Waals surface area contributed by atoms with Gasteiger partial charge in [-0.1, -0.05) is 46.3 Å². The topological polar surface area (TPSA) is 83.2 Å². The molecule has 0 saturated heterocycles. The van der Waals surface area contributed by atoms with Gasteiger partial charge in [-0.05, 0) is 30.2 Å². The predicted octanol–water partition coefficient (Wildman–Crippen LogP) is 2.77. The van der Waals surface area contributed by atoms with Crippen LogP contribution < -0.4 is 5.73 Å². The first kappa shape index (κ1) is 15.7. The number of hydrogen-bond donors (Lipinski definition) is 2. The van der Waals surface area contributed by atoms with Crippen LogP contribution in [0.5, 0.6) is 5.75 Å². The lowest BCUT2D eigenvalue weighted by atomic mass is 9.96. The maximum absolute atomic E-state index is 12.2. The van der Waals surface area contributed by atoms with E-state index in [2.05, 4.69) is 15.9 Å². The molecule has 0 heterocycles. The van der Waals surface area contributed by atoms with Gasteiger partial charge < -0.3 is 10.8 Å². The molecule has 2 atom stereocenters. The molecule has 0 fully saturated rings. The lowest BCUT2D eigenvalue weighted by Crippen LogP contribution is -2.36. The second-order valence-corrected chi connectivity index (χ2v) is 5.64. The first-order valence-electron chi connectivity index (χ1n) is 6.46. The molecule has 1 radical (unpaired) electrons. The third kappa shape index (κ3) is 3.91. The summed E-state index contributed by atoms with van der Waals surface area (Å²) < 4.78 is 0.607. The van der Waals surface area contributed by atoms with E-state index in [-0.39, 0.29) is 12.2 Å². The smallest absolute Gasteiger partial charge is 0.186 e. The molecule has 21 heavy (non-hydrogen) atoms. The number of ketones is 1. The number of benzene rings is 2. The van der Waals surface area contributed by atoms with Crippen LogP contribution in [-0.4, -0.2) is 16.9 Å². The summed E-state index contributed by atoms with van der Waals surface area (Å²) >= 11 is 3.27. The van der Waals surface area contributed by atoms with Crippen molar-refractivity contribution < 1.29 is 15.0 Å². The monoisotopic (exact) mass is 348 g/mol. The van der Waals surface area contributed by atoms with Crippen molar-refractivity contribution in [2.45, 2.75) is 18.6 Å². The summed E-state index contributed by atoms with van der Waals surface area (Å²) in [6, 6.07) is 12.4. The van der Waals surface area contributed by atoms with Gasteiger partial charge in [-0.25, -0.2) is 5.11 Å². The second-order valence-electron chi connectivity index (χ2n) is 4.78. The van der Waals surface area contributed by atoms with Gasteiger partial charge >= 0.3 is 0 Å². The number of nitrogens with two attached hydrogens (primary N) is 1. The van der Waals surface area contributed by atoms with E-state index in [1.54, 1.807) is 36.4 Å². The van der Waals surface area contributed by atoms with Gasteiger partial charge in [0.05, 0.1) is 6.04 Å². The van der Waals surface area contributed by atoms with E-state index in [9.17, 15) is 15.0 Å². The molecule has 0 amide bonds. The van der Waals surface area contributed by atoms with Crippen LogP contribution in [0, 0.1) is 0 Å². The average molecular weight is 349 g/mol. The SMILES string of the molecule is N[C@@H](Cc1ccc(O)cc1)C(=O)C([O])c1ccccc1Br. The molecule has 0 aliphatic heterocycles. The van der Waals surface area contributed by atoms with Crippen LogP contribution in [0.25, 0.3) is 0 Å². The zero-order chi connectivity index (χ0) is 15.4. The third-order valence-corrected chi connectivity index (χ3v) is 3.93. The van der Waals surface area contributed by atoms with Gasteiger partial charge in [0.2, 0.25) is 0 Å². The fraction of sp³-hybridized carbons (Fsp3) is 0.188. The van der Waals surface area contributed by atoms with Gasteiger partial charge in [0.25, 0.3) is 0 Å². The fourth-order valence-corrected chi connectivity index (χ4v) is 2.51. The normalized spacial score (nSPS) is 13.7. The molecule has 1 unspecified atom stereocenters. The minimum atomic E-state index is -1.51. The number of aromatic hydroxyl groups is 1. The van der Waals surface area contributed by atoms with Crippen LogP contribution in [0.1, 0.15) is 17.2 Å². The minimum absolute atomic E-state index is 0.147. The standard InChI is InChI=1S/C16H15BrNO3/c17-13-4-2-1-3-12(13)15(20)16(21)14(18)9-10-5-7-11(19)8-6-10/h1-8,14-15,19H,9,18H2/t14-,15?/m0/s1. The Morgan fingerprint density at radius 1 is 1.14 bits per heavy atom. The molecule has 0 bridgehead atoms. The van der Waals surface area contributed by atoms with E-state index in [1.165, 1.54) is 12.1 Å². The number of Topliss-reactive ketones (excluding diaryl/α,β-unsaturated/α-hetero) is 1. The lowest BCUT2D eigenvalue weighted by molar-refractivity contribution is -0.132. The van der Waals surface area contributed by atoms with Crippen molar-refractivity contribution in [1.29, 1.82) is 0 Å². The largest absolute Gasteiger partial charge is 0.508 e. The molecule has 2 aromatic carbocycles. The molecule has 0 saturated carbocycles. The quantitative estimate of drug-likeness (QED) is 0.871. The maximum atomic E-state index is 12.2. The predicted molar refractivity (Wildman–Crippen MR) is 82.4 cm³/mol. The Morgan fingerprint density at radius 3 is 2.38 bits per heavy atom. The Kier molecular flexibility index (Phi) is 5.12. The molecule has 0 aliphatic rings. The highest BCUT2D eigenvalue weighted by molar-refractivity contribution is 9.10. The average Bonchev–Trinajstić information content (AvgIpc) is 2.48. The molecule has 2 aromatic rings. The summed E-state index contributed by atoms with van der Waals surface area (Å²) in [5.41, 5.74) is 7.04. The van der Waals surface area contributed by atoms with E-state index < -0.39 is 17.9 Å².